The quantitative estimate of drug-likeness (QED) is 0.411. The standard InChI is InChI=1S/C11H21N3O2/c1-5-6-13-7-9(15)14-8-11(2,3)10(16)12-4/h5,13H,1,6-8H2,2-4H3,(H,12,16)(H,14,15). The molecule has 5 heteroatoms. The lowest BCUT2D eigenvalue weighted by molar-refractivity contribution is -0.129. The van der Waals surface area contributed by atoms with Crippen LogP contribution >= 0.6 is 0 Å². The van der Waals surface area contributed by atoms with Crippen molar-refractivity contribution in [3.05, 3.63) is 12.7 Å². The molecule has 0 fully saturated rings. The lowest BCUT2D eigenvalue weighted by Gasteiger charge is -2.22. The number of rotatable bonds is 7. The smallest absolute Gasteiger partial charge is 0.233 e. The molecule has 0 aromatic heterocycles. The fourth-order valence-corrected chi connectivity index (χ4v) is 1.09. The molecule has 0 saturated heterocycles. The number of hydrogen-bond donors (Lipinski definition) is 3. The van der Waals surface area contributed by atoms with E-state index in [1.54, 1.807) is 27.0 Å². The summed E-state index contributed by atoms with van der Waals surface area (Å²) in [6.07, 6.45) is 1.68. The van der Waals surface area contributed by atoms with Crippen LogP contribution in [0.25, 0.3) is 0 Å². The van der Waals surface area contributed by atoms with Crippen molar-refractivity contribution in [3.63, 3.8) is 0 Å². The van der Waals surface area contributed by atoms with Crippen LogP contribution in [-0.2, 0) is 9.59 Å². The third-order valence-corrected chi connectivity index (χ3v) is 2.14. The summed E-state index contributed by atoms with van der Waals surface area (Å²) in [5.74, 6) is -0.217. The third kappa shape index (κ3) is 5.50. The van der Waals surface area contributed by atoms with Crippen molar-refractivity contribution < 1.29 is 9.59 Å². The van der Waals surface area contributed by atoms with E-state index >= 15 is 0 Å². The van der Waals surface area contributed by atoms with Crippen molar-refractivity contribution in [1.29, 1.82) is 0 Å². The van der Waals surface area contributed by atoms with Crippen LogP contribution in [-0.4, -0.2) is 38.5 Å². The minimum Gasteiger partial charge on any atom is -0.359 e. The summed E-state index contributed by atoms with van der Waals surface area (Å²) in [6, 6.07) is 0. The Bertz CT molecular complexity index is 262. The van der Waals surface area contributed by atoms with Gasteiger partial charge in [-0.2, -0.15) is 0 Å². The first kappa shape index (κ1) is 14.6. The Morgan fingerprint density at radius 2 is 2.00 bits per heavy atom. The second-order valence-corrected chi connectivity index (χ2v) is 4.16. The lowest BCUT2D eigenvalue weighted by atomic mass is 9.92. The Morgan fingerprint density at radius 3 is 2.50 bits per heavy atom. The zero-order chi connectivity index (χ0) is 12.6. The van der Waals surface area contributed by atoms with E-state index in [0.29, 0.717) is 13.1 Å². The molecule has 0 atom stereocenters. The third-order valence-electron chi connectivity index (χ3n) is 2.14. The highest BCUT2D eigenvalue weighted by Gasteiger charge is 2.26. The molecule has 0 aliphatic heterocycles. The molecule has 0 aromatic carbocycles. The van der Waals surface area contributed by atoms with Crippen molar-refractivity contribution in [3.8, 4) is 0 Å². The predicted octanol–water partition coefficient (Wildman–Crippen LogP) is -0.350. The predicted molar refractivity (Wildman–Crippen MR) is 63.9 cm³/mol. The highest BCUT2D eigenvalue weighted by Crippen LogP contribution is 2.12. The maximum Gasteiger partial charge on any atom is 0.233 e. The number of nitrogens with one attached hydrogen (secondary N) is 3. The van der Waals surface area contributed by atoms with E-state index in [0.717, 1.165) is 0 Å². The molecule has 0 rings (SSSR count). The molecule has 0 unspecified atom stereocenters. The highest BCUT2D eigenvalue weighted by atomic mass is 16.2. The van der Waals surface area contributed by atoms with Crippen LogP contribution in [0.2, 0.25) is 0 Å². The number of carbonyl (C=O) groups excluding carboxylic acids is 2. The van der Waals surface area contributed by atoms with Crippen LogP contribution in [0.4, 0.5) is 0 Å². The van der Waals surface area contributed by atoms with Gasteiger partial charge in [0, 0.05) is 20.1 Å². The van der Waals surface area contributed by atoms with Gasteiger partial charge < -0.3 is 16.0 Å². The summed E-state index contributed by atoms with van der Waals surface area (Å²) in [7, 11) is 1.58. The molecule has 3 N–H and O–H groups in total. The first-order chi connectivity index (χ1) is 7.44. The highest BCUT2D eigenvalue weighted by molar-refractivity contribution is 5.83. The fourth-order valence-electron chi connectivity index (χ4n) is 1.09. The topological polar surface area (TPSA) is 70.2 Å². The van der Waals surface area contributed by atoms with Gasteiger partial charge in [-0.25, -0.2) is 0 Å². The molecule has 0 heterocycles. The second-order valence-electron chi connectivity index (χ2n) is 4.16. The molecule has 0 aromatic rings. The first-order valence-corrected chi connectivity index (χ1v) is 5.24. The molecule has 92 valence electrons. The molecule has 16 heavy (non-hydrogen) atoms. The Morgan fingerprint density at radius 1 is 1.38 bits per heavy atom. The van der Waals surface area contributed by atoms with Gasteiger partial charge in [0.05, 0.1) is 12.0 Å². The Hall–Kier alpha value is -1.36. The van der Waals surface area contributed by atoms with Gasteiger partial charge in [0.25, 0.3) is 0 Å². The molecule has 0 spiro atoms. The SMILES string of the molecule is C=CCNCC(=O)NCC(C)(C)C(=O)NC. The number of amides is 2. The van der Waals surface area contributed by atoms with E-state index in [4.69, 9.17) is 0 Å². The van der Waals surface area contributed by atoms with Gasteiger partial charge in [-0.3, -0.25) is 9.59 Å². The van der Waals surface area contributed by atoms with Crippen LogP contribution in [0.15, 0.2) is 12.7 Å². The fraction of sp³-hybridized carbons (Fsp3) is 0.636. The Kier molecular flexibility index (Phi) is 6.41. The molecule has 0 radical (unpaired) electrons. The van der Waals surface area contributed by atoms with Crippen LogP contribution in [0.1, 0.15) is 13.8 Å². The van der Waals surface area contributed by atoms with Gasteiger partial charge in [0.15, 0.2) is 0 Å². The van der Waals surface area contributed by atoms with Gasteiger partial charge in [0.1, 0.15) is 0 Å². The van der Waals surface area contributed by atoms with Crippen LogP contribution in [0.5, 0.6) is 0 Å². The minimum absolute atomic E-state index is 0.0909. The number of carbonyl (C=O) groups is 2. The molecular weight excluding hydrogens is 206 g/mol. The largest absolute Gasteiger partial charge is 0.359 e. The monoisotopic (exact) mass is 227 g/mol. The van der Waals surface area contributed by atoms with E-state index in [-0.39, 0.29) is 18.4 Å². The van der Waals surface area contributed by atoms with E-state index in [2.05, 4.69) is 22.5 Å². The van der Waals surface area contributed by atoms with Crippen LogP contribution in [0, 0.1) is 5.41 Å². The second kappa shape index (κ2) is 7.00. The molecule has 0 aliphatic carbocycles. The van der Waals surface area contributed by atoms with Crippen molar-refractivity contribution >= 4 is 11.8 Å². The summed E-state index contributed by atoms with van der Waals surface area (Å²) in [4.78, 5) is 22.8. The summed E-state index contributed by atoms with van der Waals surface area (Å²) >= 11 is 0. The zero-order valence-electron chi connectivity index (χ0n) is 10.2. The normalized spacial score (nSPS) is 10.7. The summed E-state index contributed by atoms with van der Waals surface area (Å²) in [6.45, 7) is 8.23. The van der Waals surface area contributed by atoms with E-state index in [1.807, 2.05) is 0 Å². The average Bonchev–Trinajstić information content (AvgIpc) is 2.25. The minimum atomic E-state index is -0.594. The average molecular weight is 227 g/mol. The van der Waals surface area contributed by atoms with Gasteiger partial charge in [-0.15, -0.1) is 6.58 Å². The van der Waals surface area contributed by atoms with Gasteiger partial charge in [-0.1, -0.05) is 6.08 Å². The molecule has 2 amide bonds. The van der Waals surface area contributed by atoms with Crippen molar-refractivity contribution in [2.75, 3.05) is 26.7 Å². The lowest BCUT2D eigenvalue weighted by Crippen LogP contribution is -2.45. The van der Waals surface area contributed by atoms with E-state index < -0.39 is 5.41 Å². The summed E-state index contributed by atoms with van der Waals surface area (Å²) in [5, 5.41) is 8.15. The van der Waals surface area contributed by atoms with E-state index in [1.165, 1.54) is 0 Å². The van der Waals surface area contributed by atoms with Crippen molar-refractivity contribution in [2.24, 2.45) is 5.41 Å². The van der Waals surface area contributed by atoms with Gasteiger partial charge in [-0.05, 0) is 13.8 Å². The van der Waals surface area contributed by atoms with E-state index in [9.17, 15) is 9.59 Å². The van der Waals surface area contributed by atoms with Crippen LogP contribution in [0.3, 0.4) is 0 Å². The maximum atomic E-state index is 11.4. The maximum absolute atomic E-state index is 11.4. The molecule has 0 aliphatic rings. The Labute approximate surface area is 96.7 Å². The van der Waals surface area contributed by atoms with Gasteiger partial charge >= 0.3 is 0 Å². The van der Waals surface area contributed by atoms with Gasteiger partial charge in [0.2, 0.25) is 11.8 Å². The Balaban J connectivity index is 3.90. The van der Waals surface area contributed by atoms with Crippen LogP contribution < -0.4 is 16.0 Å². The molecule has 0 bridgehead atoms. The number of hydrogen-bond acceptors (Lipinski definition) is 3. The van der Waals surface area contributed by atoms with Crippen molar-refractivity contribution in [1.82, 2.24) is 16.0 Å². The molecule has 5 nitrogen and oxygen atoms in total. The molecular formula is C11H21N3O2. The molecule has 0 saturated carbocycles. The first-order valence-electron chi connectivity index (χ1n) is 5.24. The zero-order valence-corrected chi connectivity index (χ0v) is 10.2. The summed E-state index contributed by atoms with van der Waals surface area (Å²) < 4.78 is 0. The van der Waals surface area contributed by atoms with Crippen molar-refractivity contribution in [2.45, 2.75) is 13.8 Å². The summed E-state index contributed by atoms with van der Waals surface area (Å²) in [5.41, 5.74) is -0.594.